The summed E-state index contributed by atoms with van der Waals surface area (Å²) in [5, 5.41) is 39.3. The Hall–Kier alpha value is -2.44. The lowest BCUT2D eigenvalue weighted by molar-refractivity contribution is -0.178. The van der Waals surface area contributed by atoms with E-state index in [0.29, 0.717) is 0 Å². The van der Waals surface area contributed by atoms with Crippen molar-refractivity contribution in [3.63, 3.8) is 0 Å². The van der Waals surface area contributed by atoms with Gasteiger partial charge in [-0.2, -0.15) is 0 Å². The molecule has 3 aromatic rings. The number of hydrogen-bond acceptors (Lipinski definition) is 7. The van der Waals surface area contributed by atoms with E-state index in [1.165, 1.54) is 18.0 Å². The third-order valence-electron chi connectivity index (χ3n) is 5.59. The van der Waals surface area contributed by atoms with Gasteiger partial charge < -0.3 is 20.1 Å². The maximum absolute atomic E-state index is 13.6. The summed E-state index contributed by atoms with van der Waals surface area (Å²) in [5.74, 6) is -4.36. The smallest absolute Gasteiger partial charge is 0.194 e. The molecule has 0 amide bonds. The first-order valence-electron chi connectivity index (χ1n) is 10.1. The minimum atomic E-state index is -1.60. The van der Waals surface area contributed by atoms with E-state index in [2.05, 4.69) is 10.3 Å². The van der Waals surface area contributed by atoms with Crippen molar-refractivity contribution >= 4 is 11.8 Å². The first kappa shape index (κ1) is 23.7. The van der Waals surface area contributed by atoms with Crippen molar-refractivity contribution < 1.29 is 33.2 Å². The van der Waals surface area contributed by atoms with Gasteiger partial charge in [-0.15, -0.1) is 5.10 Å². The van der Waals surface area contributed by atoms with Crippen molar-refractivity contribution in [3.8, 4) is 11.3 Å². The predicted molar refractivity (Wildman–Crippen MR) is 114 cm³/mol. The molecule has 1 aromatic heterocycles. The number of halogens is 3. The highest BCUT2D eigenvalue weighted by Crippen LogP contribution is 2.40. The number of benzene rings is 2. The summed E-state index contributed by atoms with van der Waals surface area (Å²) in [6, 6.07) is 6.23. The van der Waals surface area contributed by atoms with Crippen LogP contribution in [0.4, 0.5) is 13.2 Å². The van der Waals surface area contributed by atoms with Crippen molar-refractivity contribution in [1.82, 2.24) is 15.0 Å². The van der Waals surface area contributed by atoms with Crippen LogP contribution >= 0.6 is 11.8 Å². The van der Waals surface area contributed by atoms with Crippen LogP contribution in [0.5, 0.6) is 0 Å². The van der Waals surface area contributed by atoms with Crippen molar-refractivity contribution in [2.24, 2.45) is 0 Å². The van der Waals surface area contributed by atoms with Crippen molar-refractivity contribution in [3.05, 3.63) is 65.1 Å². The van der Waals surface area contributed by atoms with Gasteiger partial charge in [-0.3, -0.25) is 0 Å². The van der Waals surface area contributed by atoms with E-state index in [1.54, 1.807) is 0 Å². The molecule has 2 aromatic carbocycles. The van der Waals surface area contributed by atoms with E-state index in [1.807, 2.05) is 32.0 Å². The molecule has 1 fully saturated rings. The third-order valence-corrected chi connectivity index (χ3v) is 7.09. The Kier molecular flexibility index (Phi) is 6.78. The Labute approximate surface area is 191 Å². The molecule has 0 radical (unpaired) electrons. The molecule has 0 spiro atoms. The molecule has 3 unspecified atom stereocenters. The van der Waals surface area contributed by atoms with Crippen LogP contribution in [-0.2, 0) is 4.74 Å². The standard InChI is InChI=1S/C22H22F3N3O4S/c1-10-4-3-5-11(2)21(10)33-22-20(31)18(19(30)16(9-29)32-22)28-8-15(26-27-28)12-6-13(23)17(25)14(24)7-12/h3-8,16,18-20,22,29-31H,9H2,1-2H3/t16?,18?,19-,20?,22+/m0/s1. The molecule has 0 aliphatic carbocycles. The zero-order chi connectivity index (χ0) is 23.9. The highest BCUT2D eigenvalue weighted by atomic mass is 32.2. The van der Waals surface area contributed by atoms with Gasteiger partial charge in [-0.05, 0) is 37.1 Å². The van der Waals surface area contributed by atoms with Gasteiger partial charge in [0.2, 0.25) is 0 Å². The van der Waals surface area contributed by atoms with Crippen molar-refractivity contribution in [2.45, 2.75) is 48.5 Å². The number of aliphatic hydroxyl groups is 3. The predicted octanol–water partition coefficient (Wildman–Crippen LogP) is 2.75. The minimum Gasteiger partial charge on any atom is -0.394 e. The van der Waals surface area contributed by atoms with Gasteiger partial charge in [0.15, 0.2) is 17.5 Å². The molecule has 4 rings (SSSR count). The Morgan fingerprint density at radius 3 is 2.30 bits per heavy atom. The summed E-state index contributed by atoms with van der Waals surface area (Å²) in [5.41, 5.74) is 1.04. The summed E-state index contributed by atoms with van der Waals surface area (Å²) in [6.45, 7) is 3.33. The highest BCUT2D eigenvalue weighted by molar-refractivity contribution is 8.00. The largest absolute Gasteiger partial charge is 0.394 e. The number of rotatable bonds is 5. The Bertz CT molecular complexity index is 1120. The molecule has 0 bridgehead atoms. The van der Waals surface area contributed by atoms with Gasteiger partial charge in [-0.1, -0.05) is 35.2 Å². The Morgan fingerprint density at radius 2 is 1.70 bits per heavy atom. The van der Waals surface area contributed by atoms with E-state index >= 15 is 0 Å². The number of aromatic nitrogens is 3. The molecule has 33 heavy (non-hydrogen) atoms. The molecule has 1 saturated heterocycles. The molecule has 2 heterocycles. The van der Waals surface area contributed by atoms with Gasteiger partial charge in [0.25, 0.3) is 0 Å². The van der Waals surface area contributed by atoms with Crippen molar-refractivity contribution in [2.75, 3.05) is 6.61 Å². The van der Waals surface area contributed by atoms with Crippen LogP contribution < -0.4 is 0 Å². The minimum absolute atomic E-state index is 0.0122. The van der Waals surface area contributed by atoms with Gasteiger partial charge in [0.1, 0.15) is 35.5 Å². The van der Waals surface area contributed by atoms with Crippen LogP contribution in [0.3, 0.4) is 0 Å². The lowest BCUT2D eigenvalue weighted by Gasteiger charge is -2.42. The van der Waals surface area contributed by atoms with Gasteiger partial charge in [0.05, 0.1) is 12.8 Å². The first-order valence-corrected chi connectivity index (χ1v) is 11.0. The summed E-state index contributed by atoms with van der Waals surface area (Å²) in [4.78, 5) is 0.893. The molecule has 1 aliphatic rings. The maximum atomic E-state index is 13.6. The van der Waals surface area contributed by atoms with Crippen LogP contribution in [0.25, 0.3) is 11.3 Å². The number of thioether (sulfide) groups is 1. The van der Waals surface area contributed by atoms with Gasteiger partial charge in [-0.25, -0.2) is 17.9 Å². The number of hydrogen-bond donors (Lipinski definition) is 3. The van der Waals surface area contributed by atoms with Gasteiger partial charge in [0, 0.05) is 10.5 Å². The second-order valence-electron chi connectivity index (χ2n) is 7.87. The molecule has 7 nitrogen and oxygen atoms in total. The fraction of sp³-hybridized carbons (Fsp3) is 0.364. The Balaban J connectivity index is 1.66. The normalized spacial score (nSPS) is 25.4. The molecule has 1 aliphatic heterocycles. The lowest BCUT2D eigenvalue weighted by Crippen LogP contribution is -2.55. The van der Waals surface area contributed by atoms with E-state index in [9.17, 15) is 28.5 Å². The fourth-order valence-electron chi connectivity index (χ4n) is 3.84. The average Bonchev–Trinajstić information content (AvgIpc) is 3.25. The first-order chi connectivity index (χ1) is 15.7. The lowest BCUT2D eigenvalue weighted by atomic mass is 9.97. The molecule has 5 atom stereocenters. The summed E-state index contributed by atoms with van der Waals surface area (Å²) in [7, 11) is 0. The topological polar surface area (TPSA) is 101 Å². The van der Waals surface area contributed by atoms with Gasteiger partial charge >= 0.3 is 0 Å². The average molecular weight is 481 g/mol. The summed E-state index contributed by atoms with van der Waals surface area (Å²) >= 11 is 1.26. The van der Waals surface area contributed by atoms with Crippen molar-refractivity contribution in [1.29, 1.82) is 0 Å². The summed E-state index contributed by atoms with van der Waals surface area (Å²) < 4.78 is 47.5. The highest BCUT2D eigenvalue weighted by Gasteiger charge is 2.46. The summed E-state index contributed by atoms with van der Waals surface area (Å²) in [6.07, 6.45) is -2.36. The molecule has 0 saturated carbocycles. The second-order valence-corrected chi connectivity index (χ2v) is 8.98. The zero-order valence-electron chi connectivity index (χ0n) is 17.7. The monoisotopic (exact) mass is 481 g/mol. The van der Waals surface area contributed by atoms with E-state index in [4.69, 9.17) is 4.74 Å². The van der Waals surface area contributed by atoms with E-state index in [-0.39, 0.29) is 11.3 Å². The van der Waals surface area contributed by atoms with E-state index in [0.717, 1.165) is 32.8 Å². The fourth-order valence-corrected chi connectivity index (χ4v) is 5.08. The molecule has 176 valence electrons. The molecule has 3 N–H and O–H groups in total. The number of aliphatic hydroxyl groups excluding tert-OH is 3. The molecular weight excluding hydrogens is 459 g/mol. The van der Waals surface area contributed by atoms with Crippen LogP contribution in [0.2, 0.25) is 0 Å². The maximum Gasteiger partial charge on any atom is 0.194 e. The number of ether oxygens (including phenoxy) is 1. The van der Waals surface area contributed by atoms with E-state index < -0.39 is 53.8 Å². The number of nitrogens with zero attached hydrogens (tertiary/aromatic N) is 3. The zero-order valence-corrected chi connectivity index (χ0v) is 18.5. The number of aryl methyl sites for hydroxylation is 2. The van der Waals surface area contributed by atoms with Crippen LogP contribution in [0.15, 0.2) is 41.4 Å². The van der Waals surface area contributed by atoms with Crippen LogP contribution in [0.1, 0.15) is 17.2 Å². The molecular formula is C22H22F3N3O4S. The third kappa shape index (κ3) is 4.51. The quantitative estimate of drug-likeness (QED) is 0.482. The molecule has 11 heteroatoms. The second kappa shape index (κ2) is 9.43. The van der Waals surface area contributed by atoms with Crippen LogP contribution in [0, 0.1) is 31.3 Å². The SMILES string of the molecule is Cc1cccc(C)c1S[C@H]1OC(CO)[C@H](O)C(n2cc(-c3cc(F)c(F)c(F)c3)nn2)C1O. The Morgan fingerprint density at radius 1 is 1.06 bits per heavy atom. The van der Waals surface area contributed by atoms with Crippen LogP contribution in [-0.4, -0.2) is 60.7 Å².